The average molecular weight is 339 g/mol. The summed E-state index contributed by atoms with van der Waals surface area (Å²) in [5.41, 5.74) is 5.96. The summed E-state index contributed by atoms with van der Waals surface area (Å²) in [5, 5.41) is 0. The third kappa shape index (κ3) is 4.15. The van der Waals surface area contributed by atoms with Gasteiger partial charge in [-0.05, 0) is 25.0 Å². The molecule has 5 heteroatoms. The highest BCUT2D eigenvalue weighted by Gasteiger charge is 2.25. The van der Waals surface area contributed by atoms with Crippen LogP contribution in [0.15, 0.2) is 28.7 Å². The Morgan fingerprint density at radius 3 is 2.30 bits per heavy atom. The lowest BCUT2D eigenvalue weighted by atomic mass is 10.1. The summed E-state index contributed by atoms with van der Waals surface area (Å²) >= 11 is 3.35. The molecular formula is C15H19BrN2O2. The summed E-state index contributed by atoms with van der Waals surface area (Å²) in [7, 11) is 0. The van der Waals surface area contributed by atoms with Crippen molar-refractivity contribution in [2.24, 2.45) is 5.73 Å². The van der Waals surface area contributed by atoms with Gasteiger partial charge in [-0.25, -0.2) is 0 Å². The molecule has 1 aromatic carbocycles. The summed E-state index contributed by atoms with van der Waals surface area (Å²) in [5.74, 6) is -0.342. The predicted molar refractivity (Wildman–Crippen MR) is 81.5 cm³/mol. The Labute approximate surface area is 127 Å². The van der Waals surface area contributed by atoms with Crippen molar-refractivity contribution < 1.29 is 9.59 Å². The number of rotatable bonds is 6. The first-order valence-electron chi connectivity index (χ1n) is 6.87. The van der Waals surface area contributed by atoms with Gasteiger partial charge in [-0.3, -0.25) is 14.5 Å². The number of primary amides is 1. The molecule has 1 amide bonds. The molecule has 108 valence electrons. The van der Waals surface area contributed by atoms with Crippen LogP contribution in [0.1, 0.15) is 36.0 Å². The minimum absolute atomic E-state index is 0.0330. The molecule has 0 radical (unpaired) electrons. The zero-order valence-electron chi connectivity index (χ0n) is 11.3. The van der Waals surface area contributed by atoms with E-state index in [0.717, 1.165) is 30.2 Å². The first-order chi connectivity index (χ1) is 9.56. The average Bonchev–Trinajstić information content (AvgIpc) is 2.92. The third-order valence-corrected chi connectivity index (χ3v) is 4.24. The lowest BCUT2D eigenvalue weighted by Gasteiger charge is -2.26. The van der Waals surface area contributed by atoms with E-state index in [1.54, 1.807) is 12.1 Å². The molecule has 1 aliphatic carbocycles. The van der Waals surface area contributed by atoms with Gasteiger partial charge < -0.3 is 5.73 Å². The number of Topliss-reactive ketones (excluding diaryl/α,β-unsaturated/α-hetero) is 1. The Bertz CT molecular complexity index is 481. The zero-order valence-corrected chi connectivity index (χ0v) is 12.9. The zero-order chi connectivity index (χ0) is 14.5. The van der Waals surface area contributed by atoms with Crippen molar-refractivity contribution in [3.63, 3.8) is 0 Å². The normalized spacial score (nSPS) is 15.7. The maximum absolute atomic E-state index is 12.3. The smallest absolute Gasteiger partial charge is 0.231 e. The van der Waals surface area contributed by atoms with Gasteiger partial charge >= 0.3 is 0 Å². The van der Waals surface area contributed by atoms with E-state index in [-0.39, 0.29) is 24.8 Å². The number of carbonyl (C=O) groups excluding carboxylic acids is 2. The fourth-order valence-electron chi connectivity index (χ4n) is 2.70. The predicted octanol–water partition coefficient (Wildman–Crippen LogP) is 2.36. The lowest BCUT2D eigenvalue weighted by Crippen LogP contribution is -2.43. The van der Waals surface area contributed by atoms with Gasteiger partial charge in [-0.1, -0.05) is 40.9 Å². The maximum atomic E-state index is 12.3. The third-order valence-electron chi connectivity index (χ3n) is 3.71. The molecule has 1 fully saturated rings. The van der Waals surface area contributed by atoms with Crippen LogP contribution in [0.3, 0.4) is 0 Å². The Morgan fingerprint density at radius 2 is 1.75 bits per heavy atom. The van der Waals surface area contributed by atoms with E-state index in [1.807, 2.05) is 17.0 Å². The van der Waals surface area contributed by atoms with Gasteiger partial charge in [0.2, 0.25) is 5.91 Å². The summed E-state index contributed by atoms with van der Waals surface area (Å²) in [6.45, 7) is 0.419. The van der Waals surface area contributed by atoms with Crippen LogP contribution in [0.5, 0.6) is 0 Å². The van der Waals surface area contributed by atoms with Crippen LogP contribution in [0.2, 0.25) is 0 Å². The topological polar surface area (TPSA) is 63.4 Å². The van der Waals surface area contributed by atoms with Crippen molar-refractivity contribution >= 4 is 27.6 Å². The van der Waals surface area contributed by atoms with E-state index in [9.17, 15) is 9.59 Å². The molecule has 2 rings (SSSR count). The second kappa shape index (κ2) is 6.99. The maximum Gasteiger partial charge on any atom is 0.231 e. The van der Waals surface area contributed by atoms with E-state index in [2.05, 4.69) is 15.9 Å². The number of halogens is 1. The number of hydrogen-bond acceptors (Lipinski definition) is 3. The lowest BCUT2D eigenvalue weighted by molar-refractivity contribution is -0.119. The molecule has 4 nitrogen and oxygen atoms in total. The van der Waals surface area contributed by atoms with Crippen molar-refractivity contribution in [3.05, 3.63) is 34.3 Å². The van der Waals surface area contributed by atoms with E-state index in [1.165, 1.54) is 0 Å². The van der Waals surface area contributed by atoms with Gasteiger partial charge in [0.25, 0.3) is 0 Å². The fourth-order valence-corrected chi connectivity index (χ4v) is 2.96. The van der Waals surface area contributed by atoms with Crippen molar-refractivity contribution in [2.75, 3.05) is 13.1 Å². The minimum Gasteiger partial charge on any atom is -0.369 e. The van der Waals surface area contributed by atoms with E-state index in [0.29, 0.717) is 11.6 Å². The van der Waals surface area contributed by atoms with Gasteiger partial charge in [0.05, 0.1) is 13.1 Å². The van der Waals surface area contributed by atoms with Crippen molar-refractivity contribution in [1.29, 1.82) is 0 Å². The molecular weight excluding hydrogens is 320 g/mol. The second-order valence-electron chi connectivity index (χ2n) is 5.24. The number of hydrogen-bond donors (Lipinski definition) is 1. The quantitative estimate of drug-likeness (QED) is 0.810. The summed E-state index contributed by atoms with van der Waals surface area (Å²) in [4.78, 5) is 25.4. The van der Waals surface area contributed by atoms with E-state index in [4.69, 9.17) is 5.73 Å². The molecule has 1 aliphatic rings. The molecule has 2 N–H and O–H groups in total. The van der Waals surface area contributed by atoms with Crippen LogP contribution < -0.4 is 5.73 Å². The first-order valence-corrected chi connectivity index (χ1v) is 7.66. The van der Waals surface area contributed by atoms with Crippen molar-refractivity contribution in [1.82, 2.24) is 4.90 Å². The second-order valence-corrected chi connectivity index (χ2v) is 6.16. The number of benzene rings is 1. The molecule has 0 saturated heterocycles. The molecule has 20 heavy (non-hydrogen) atoms. The first kappa shape index (κ1) is 15.2. The molecule has 0 spiro atoms. The Morgan fingerprint density at radius 1 is 1.15 bits per heavy atom. The SMILES string of the molecule is NC(=O)CN(CC(=O)c1ccc(Br)cc1)C1CCCC1. The van der Waals surface area contributed by atoms with Crippen molar-refractivity contribution in [3.8, 4) is 0 Å². The van der Waals surface area contributed by atoms with Crippen molar-refractivity contribution in [2.45, 2.75) is 31.7 Å². The highest BCUT2D eigenvalue weighted by Crippen LogP contribution is 2.23. The molecule has 0 atom stereocenters. The standard InChI is InChI=1S/C15H19BrN2O2/c16-12-7-5-11(6-8-12)14(19)9-18(10-15(17)20)13-3-1-2-4-13/h5-8,13H,1-4,9-10H2,(H2,17,20). The molecule has 1 saturated carbocycles. The van der Waals surface area contributed by atoms with Gasteiger partial charge in [0, 0.05) is 16.1 Å². The molecule has 0 aliphatic heterocycles. The van der Waals surface area contributed by atoms with Crippen LogP contribution >= 0.6 is 15.9 Å². The number of ketones is 1. The van der Waals surface area contributed by atoms with Crippen LogP contribution in [0.25, 0.3) is 0 Å². The minimum atomic E-state index is -0.375. The van der Waals surface area contributed by atoms with Crippen LogP contribution in [0, 0.1) is 0 Å². The number of amides is 1. The van der Waals surface area contributed by atoms with Gasteiger partial charge in [-0.15, -0.1) is 0 Å². The highest BCUT2D eigenvalue weighted by molar-refractivity contribution is 9.10. The monoisotopic (exact) mass is 338 g/mol. The fraction of sp³-hybridized carbons (Fsp3) is 0.467. The number of nitrogens with zero attached hydrogens (tertiary/aromatic N) is 1. The van der Waals surface area contributed by atoms with Gasteiger partial charge in [0.15, 0.2) is 5.78 Å². The Kier molecular flexibility index (Phi) is 5.31. The largest absolute Gasteiger partial charge is 0.369 e. The summed E-state index contributed by atoms with van der Waals surface area (Å²) in [6, 6.07) is 7.59. The summed E-state index contributed by atoms with van der Waals surface area (Å²) < 4.78 is 0.943. The van der Waals surface area contributed by atoms with Gasteiger partial charge in [-0.2, -0.15) is 0 Å². The molecule has 0 heterocycles. The van der Waals surface area contributed by atoms with E-state index >= 15 is 0 Å². The van der Waals surface area contributed by atoms with Crippen LogP contribution in [0.4, 0.5) is 0 Å². The molecule has 0 unspecified atom stereocenters. The Balaban J connectivity index is 2.04. The van der Waals surface area contributed by atoms with E-state index < -0.39 is 0 Å². The Hall–Kier alpha value is -1.20. The molecule has 0 aromatic heterocycles. The van der Waals surface area contributed by atoms with Crippen LogP contribution in [-0.2, 0) is 4.79 Å². The molecule has 0 bridgehead atoms. The highest BCUT2D eigenvalue weighted by atomic mass is 79.9. The summed E-state index contributed by atoms with van der Waals surface area (Å²) in [6.07, 6.45) is 4.40. The molecule has 1 aromatic rings. The number of nitrogens with two attached hydrogens (primary N) is 1. The number of carbonyl (C=O) groups is 2. The van der Waals surface area contributed by atoms with Crippen LogP contribution in [-0.4, -0.2) is 35.7 Å². The van der Waals surface area contributed by atoms with Gasteiger partial charge in [0.1, 0.15) is 0 Å².